The predicted octanol–water partition coefficient (Wildman–Crippen LogP) is 2.47. The molecule has 90 valence electrons. The van der Waals surface area contributed by atoms with Gasteiger partial charge in [0.25, 0.3) is 0 Å². The number of rotatable bonds is 8. The zero-order valence-electron chi connectivity index (χ0n) is 10.1. The van der Waals surface area contributed by atoms with Crippen LogP contribution < -0.4 is 11.5 Å². The van der Waals surface area contributed by atoms with Crippen molar-refractivity contribution < 1.29 is 0 Å². The molecule has 2 nitrogen and oxygen atoms in total. The Bertz CT molecular complexity index is 259. The topological polar surface area (TPSA) is 52.0 Å². The molecular weight excluding hydrogens is 196 g/mol. The molecule has 0 amide bonds. The van der Waals surface area contributed by atoms with Crippen molar-refractivity contribution in [1.29, 1.82) is 0 Å². The molecule has 0 saturated carbocycles. The second-order valence-electron chi connectivity index (χ2n) is 4.44. The highest BCUT2D eigenvalue weighted by Crippen LogP contribution is 2.08. The number of unbranched alkanes of at least 4 members (excludes halogenated alkanes) is 3. The standard InChI is InChI=1S/C14H24N2/c15-11-7-2-1-6-10-14(16)12-13-8-4-3-5-9-13/h3-5,8-9,14H,1-2,6-7,10-12,15-16H2. The minimum atomic E-state index is 0.306. The Morgan fingerprint density at radius 3 is 2.31 bits per heavy atom. The smallest absolute Gasteiger partial charge is 0.00793 e. The summed E-state index contributed by atoms with van der Waals surface area (Å²) in [4.78, 5) is 0. The van der Waals surface area contributed by atoms with Crippen molar-refractivity contribution in [3.63, 3.8) is 0 Å². The Morgan fingerprint density at radius 2 is 1.62 bits per heavy atom. The van der Waals surface area contributed by atoms with Crippen molar-refractivity contribution in [2.45, 2.75) is 44.6 Å². The molecule has 0 radical (unpaired) electrons. The van der Waals surface area contributed by atoms with Crippen LogP contribution in [-0.2, 0) is 6.42 Å². The zero-order chi connectivity index (χ0) is 11.6. The van der Waals surface area contributed by atoms with Gasteiger partial charge in [-0.25, -0.2) is 0 Å². The van der Waals surface area contributed by atoms with E-state index in [1.807, 2.05) is 6.07 Å². The third kappa shape index (κ3) is 5.89. The molecule has 0 aliphatic heterocycles. The number of nitrogens with two attached hydrogens (primary N) is 2. The van der Waals surface area contributed by atoms with Gasteiger partial charge in [0.2, 0.25) is 0 Å². The molecule has 0 bridgehead atoms. The molecule has 0 saturated heterocycles. The molecule has 1 aromatic rings. The minimum absolute atomic E-state index is 0.306. The van der Waals surface area contributed by atoms with Crippen molar-refractivity contribution in [2.75, 3.05) is 6.54 Å². The summed E-state index contributed by atoms with van der Waals surface area (Å²) in [6.45, 7) is 0.816. The van der Waals surface area contributed by atoms with Gasteiger partial charge in [0.15, 0.2) is 0 Å². The highest BCUT2D eigenvalue weighted by Gasteiger charge is 2.03. The van der Waals surface area contributed by atoms with Crippen molar-refractivity contribution in [3.05, 3.63) is 35.9 Å². The SMILES string of the molecule is NCCCCCCC(N)Cc1ccccc1. The Morgan fingerprint density at radius 1 is 0.938 bits per heavy atom. The molecule has 1 atom stereocenters. The first-order chi connectivity index (χ1) is 7.83. The van der Waals surface area contributed by atoms with E-state index in [-0.39, 0.29) is 0 Å². The van der Waals surface area contributed by atoms with Crippen LogP contribution in [0.2, 0.25) is 0 Å². The van der Waals surface area contributed by atoms with E-state index < -0.39 is 0 Å². The molecular formula is C14H24N2. The molecule has 1 unspecified atom stereocenters. The lowest BCUT2D eigenvalue weighted by atomic mass is 10.0. The maximum Gasteiger partial charge on any atom is 0.00793 e. The van der Waals surface area contributed by atoms with Gasteiger partial charge in [-0.15, -0.1) is 0 Å². The Labute approximate surface area is 99.0 Å². The molecule has 4 N–H and O–H groups in total. The second kappa shape index (κ2) is 8.31. The van der Waals surface area contributed by atoms with Gasteiger partial charge >= 0.3 is 0 Å². The van der Waals surface area contributed by atoms with Crippen LogP contribution in [0.3, 0.4) is 0 Å². The monoisotopic (exact) mass is 220 g/mol. The van der Waals surface area contributed by atoms with E-state index in [0.717, 1.165) is 25.8 Å². The minimum Gasteiger partial charge on any atom is -0.330 e. The highest BCUT2D eigenvalue weighted by atomic mass is 14.6. The van der Waals surface area contributed by atoms with Crippen LogP contribution in [-0.4, -0.2) is 12.6 Å². The number of hydrogen-bond donors (Lipinski definition) is 2. The quantitative estimate of drug-likeness (QED) is 0.661. The molecule has 0 aromatic heterocycles. The molecule has 0 fully saturated rings. The first-order valence-electron chi connectivity index (χ1n) is 6.32. The maximum absolute atomic E-state index is 6.10. The second-order valence-corrected chi connectivity index (χ2v) is 4.44. The molecule has 1 rings (SSSR count). The van der Waals surface area contributed by atoms with Gasteiger partial charge in [-0.2, -0.15) is 0 Å². The van der Waals surface area contributed by atoms with Gasteiger partial charge < -0.3 is 11.5 Å². The van der Waals surface area contributed by atoms with Crippen LogP contribution in [0.5, 0.6) is 0 Å². The third-order valence-corrected chi connectivity index (χ3v) is 2.87. The van der Waals surface area contributed by atoms with Crippen LogP contribution >= 0.6 is 0 Å². The fourth-order valence-electron chi connectivity index (χ4n) is 1.92. The lowest BCUT2D eigenvalue weighted by Gasteiger charge is -2.11. The Hall–Kier alpha value is -0.860. The molecule has 1 aromatic carbocycles. The molecule has 0 aliphatic rings. The van der Waals surface area contributed by atoms with E-state index in [1.165, 1.54) is 24.8 Å². The summed E-state index contributed by atoms with van der Waals surface area (Å²) in [5.41, 5.74) is 12.9. The summed E-state index contributed by atoms with van der Waals surface area (Å²) in [6, 6.07) is 10.8. The van der Waals surface area contributed by atoms with E-state index >= 15 is 0 Å². The van der Waals surface area contributed by atoms with Gasteiger partial charge in [-0.05, 0) is 31.4 Å². The summed E-state index contributed by atoms with van der Waals surface area (Å²) in [5, 5.41) is 0. The lowest BCUT2D eigenvalue weighted by Crippen LogP contribution is -2.22. The summed E-state index contributed by atoms with van der Waals surface area (Å²) in [7, 11) is 0. The van der Waals surface area contributed by atoms with Crippen molar-refractivity contribution in [1.82, 2.24) is 0 Å². The van der Waals surface area contributed by atoms with E-state index in [1.54, 1.807) is 0 Å². The summed E-state index contributed by atoms with van der Waals surface area (Å²) in [5.74, 6) is 0. The largest absolute Gasteiger partial charge is 0.330 e. The van der Waals surface area contributed by atoms with Crippen LogP contribution in [0.1, 0.15) is 37.7 Å². The van der Waals surface area contributed by atoms with Crippen molar-refractivity contribution >= 4 is 0 Å². The van der Waals surface area contributed by atoms with Crippen LogP contribution in [0.25, 0.3) is 0 Å². The molecule has 0 aliphatic carbocycles. The van der Waals surface area contributed by atoms with Gasteiger partial charge in [0.05, 0.1) is 0 Å². The molecule has 0 spiro atoms. The zero-order valence-corrected chi connectivity index (χ0v) is 10.1. The van der Waals surface area contributed by atoms with Crippen molar-refractivity contribution in [3.8, 4) is 0 Å². The van der Waals surface area contributed by atoms with Crippen LogP contribution in [0.4, 0.5) is 0 Å². The average Bonchev–Trinajstić information content (AvgIpc) is 2.30. The summed E-state index contributed by atoms with van der Waals surface area (Å²) < 4.78 is 0. The summed E-state index contributed by atoms with van der Waals surface area (Å²) in [6.07, 6.45) is 7.01. The number of benzene rings is 1. The van der Waals surface area contributed by atoms with Gasteiger partial charge in [-0.3, -0.25) is 0 Å². The molecule has 16 heavy (non-hydrogen) atoms. The normalized spacial score (nSPS) is 12.6. The van der Waals surface area contributed by atoms with Crippen molar-refractivity contribution in [2.24, 2.45) is 11.5 Å². The summed E-state index contributed by atoms with van der Waals surface area (Å²) >= 11 is 0. The van der Waals surface area contributed by atoms with E-state index in [2.05, 4.69) is 24.3 Å². The van der Waals surface area contributed by atoms with E-state index in [4.69, 9.17) is 11.5 Å². The Balaban J connectivity index is 2.09. The molecule has 2 heteroatoms. The Kier molecular flexibility index (Phi) is 6.86. The fourth-order valence-corrected chi connectivity index (χ4v) is 1.92. The van der Waals surface area contributed by atoms with Gasteiger partial charge in [0, 0.05) is 6.04 Å². The lowest BCUT2D eigenvalue weighted by molar-refractivity contribution is 0.542. The predicted molar refractivity (Wildman–Crippen MR) is 70.3 cm³/mol. The number of hydrogen-bond acceptors (Lipinski definition) is 2. The van der Waals surface area contributed by atoms with E-state index in [9.17, 15) is 0 Å². The third-order valence-electron chi connectivity index (χ3n) is 2.87. The first-order valence-corrected chi connectivity index (χ1v) is 6.32. The van der Waals surface area contributed by atoms with Crippen LogP contribution in [0.15, 0.2) is 30.3 Å². The van der Waals surface area contributed by atoms with Crippen LogP contribution in [0, 0.1) is 0 Å². The molecule has 0 heterocycles. The van der Waals surface area contributed by atoms with E-state index in [0.29, 0.717) is 6.04 Å². The maximum atomic E-state index is 6.10. The average molecular weight is 220 g/mol. The van der Waals surface area contributed by atoms with Gasteiger partial charge in [-0.1, -0.05) is 49.6 Å². The first kappa shape index (κ1) is 13.2. The highest BCUT2D eigenvalue weighted by molar-refractivity contribution is 5.15. The fraction of sp³-hybridized carbons (Fsp3) is 0.571. The van der Waals surface area contributed by atoms with Gasteiger partial charge in [0.1, 0.15) is 0 Å².